The lowest BCUT2D eigenvalue weighted by Crippen LogP contribution is -2.20. The van der Waals surface area contributed by atoms with Gasteiger partial charge in [-0.1, -0.05) is 11.8 Å². The summed E-state index contributed by atoms with van der Waals surface area (Å²) in [6.45, 7) is 0.799. The van der Waals surface area contributed by atoms with E-state index in [2.05, 4.69) is 10.3 Å². The molecule has 0 fully saturated rings. The maximum absolute atomic E-state index is 12.1. The molecule has 0 spiro atoms. The van der Waals surface area contributed by atoms with Crippen molar-refractivity contribution in [2.45, 2.75) is 24.2 Å². The van der Waals surface area contributed by atoms with E-state index in [0.717, 1.165) is 5.56 Å². The number of nitrogens with zero attached hydrogens (tertiary/aromatic N) is 1. The minimum atomic E-state index is -2.40. The van der Waals surface area contributed by atoms with Crippen LogP contribution in [0.15, 0.2) is 41.1 Å². The van der Waals surface area contributed by atoms with E-state index < -0.39 is 11.9 Å². The van der Waals surface area contributed by atoms with E-state index in [4.69, 9.17) is 4.42 Å². The lowest BCUT2D eigenvalue weighted by atomic mass is 10.1. The second kappa shape index (κ2) is 8.11. The Balaban J connectivity index is 1.73. The topological polar surface area (TPSA) is 58.3 Å². The van der Waals surface area contributed by atoms with Crippen LogP contribution in [0.2, 0.25) is 0 Å². The largest absolute Gasteiger partial charge is 0.464 e. The maximum atomic E-state index is 12.1. The molecule has 2 heterocycles. The Labute approximate surface area is 125 Å². The van der Waals surface area contributed by atoms with Crippen LogP contribution in [0, 0.1) is 0 Å². The number of pyridine rings is 1. The van der Waals surface area contributed by atoms with Gasteiger partial charge < -0.3 is 14.8 Å². The molecule has 114 valence electrons. The molecular formula is C14H16F2N2O2S. The molecule has 2 rings (SSSR count). The number of furan rings is 1. The van der Waals surface area contributed by atoms with E-state index in [-0.39, 0.29) is 5.75 Å². The maximum Gasteiger partial charge on any atom is 0.284 e. The van der Waals surface area contributed by atoms with Gasteiger partial charge in [0.05, 0.1) is 18.4 Å². The SMILES string of the molecule is OC(CNCc1ccc(CSC(F)F)o1)c1ccncc1. The van der Waals surface area contributed by atoms with Crippen molar-refractivity contribution in [3.05, 3.63) is 53.7 Å². The first-order valence-electron chi connectivity index (χ1n) is 6.41. The van der Waals surface area contributed by atoms with Crippen LogP contribution in [-0.4, -0.2) is 22.4 Å². The highest BCUT2D eigenvalue weighted by Crippen LogP contribution is 2.21. The van der Waals surface area contributed by atoms with Crippen LogP contribution in [0.4, 0.5) is 8.78 Å². The summed E-state index contributed by atoms with van der Waals surface area (Å²) < 4.78 is 29.5. The summed E-state index contributed by atoms with van der Waals surface area (Å²) in [6, 6.07) is 6.93. The Morgan fingerprint density at radius 2 is 1.90 bits per heavy atom. The van der Waals surface area contributed by atoms with E-state index in [1.807, 2.05) is 0 Å². The Bertz CT molecular complexity index is 537. The zero-order valence-corrected chi connectivity index (χ0v) is 12.0. The third-order valence-electron chi connectivity index (χ3n) is 2.80. The lowest BCUT2D eigenvalue weighted by Gasteiger charge is -2.11. The minimum Gasteiger partial charge on any atom is -0.464 e. The van der Waals surface area contributed by atoms with Crippen molar-refractivity contribution in [1.82, 2.24) is 10.3 Å². The molecule has 0 aliphatic carbocycles. The normalized spacial score (nSPS) is 12.8. The fourth-order valence-electron chi connectivity index (χ4n) is 1.78. The van der Waals surface area contributed by atoms with Gasteiger partial charge in [-0.25, -0.2) is 0 Å². The van der Waals surface area contributed by atoms with Crippen molar-refractivity contribution >= 4 is 11.8 Å². The first kappa shape index (κ1) is 15.9. The summed E-state index contributed by atoms with van der Waals surface area (Å²) in [5.74, 6) is -1.07. The highest BCUT2D eigenvalue weighted by molar-refractivity contribution is 7.98. The number of hydrogen-bond acceptors (Lipinski definition) is 5. The number of nitrogens with one attached hydrogen (secondary N) is 1. The molecule has 0 saturated carbocycles. The van der Waals surface area contributed by atoms with Crippen molar-refractivity contribution < 1.29 is 18.3 Å². The number of aromatic nitrogens is 1. The van der Waals surface area contributed by atoms with Gasteiger partial charge in [-0.05, 0) is 29.8 Å². The average Bonchev–Trinajstić information content (AvgIpc) is 2.94. The fourth-order valence-corrected chi connectivity index (χ4v) is 2.22. The number of halogens is 2. The molecule has 4 nitrogen and oxygen atoms in total. The van der Waals surface area contributed by atoms with Crippen molar-refractivity contribution in [2.75, 3.05) is 6.54 Å². The molecule has 0 aromatic carbocycles. The number of aliphatic hydroxyl groups excluding tert-OH is 1. The van der Waals surface area contributed by atoms with Gasteiger partial charge in [-0.2, -0.15) is 8.78 Å². The zero-order valence-electron chi connectivity index (χ0n) is 11.2. The molecule has 0 aliphatic rings. The summed E-state index contributed by atoms with van der Waals surface area (Å²) in [5.41, 5.74) is 0.783. The second-order valence-electron chi connectivity index (χ2n) is 4.37. The van der Waals surface area contributed by atoms with Crippen LogP contribution in [0.3, 0.4) is 0 Å². The predicted octanol–water partition coefficient (Wildman–Crippen LogP) is 2.95. The average molecular weight is 314 g/mol. The molecular weight excluding hydrogens is 298 g/mol. The highest BCUT2D eigenvalue weighted by Gasteiger charge is 2.09. The zero-order chi connectivity index (χ0) is 15.1. The van der Waals surface area contributed by atoms with Gasteiger partial charge >= 0.3 is 0 Å². The van der Waals surface area contributed by atoms with Crippen molar-refractivity contribution in [3.63, 3.8) is 0 Å². The van der Waals surface area contributed by atoms with E-state index in [9.17, 15) is 13.9 Å². The van der Waals surface area contributed by atoms with Crippen molar-refractivity contribution in [3.8, 4) is 0 Å². The van der Waals surface area contributed by atoms with Crippen LogP contribution >= 0.6 is 11.8 Å². The van der Waals surface area contributed by atoms with E-state index >= 15 is 0 Å². The molecule has 2 N–H and O–H groups in total. The summed E-state index contributed by atoms with van der Waals surface area (Å²) in [7, 11) is 0. The standard InChI is InChI=1S/C14H16F2N2O2S/c15-14(16)21-9-12-2-1-11(20-12)7-18-8-13(19)10-3-5-17-6-4-10/h1-6,13-14,18-19H,7-9H2. The first-order chi connectivity index (χ1) is 10.1. The first-order valence-corrected chi connectivity index (χ1v) is 7.46. The second-order valence-corrected chi connectivity index (χ2v) is 5.35. The number of thioether (sulfide) groups is 1. The third-order valence-corrected chi connectivity index (χ3v) is 3.50. The van der Waals surface area contributed by atoms with Crippen LogP contribution < -0.4 is 5.32 Å². The van der Waals surface area contributed by atoms with Crippen LogP contribution in [0.25, 0.3) is 0 Å². The minimum absolute atomic E-state index is 0.150. The lowest BCUT2D eigenvalue weighted by molar-refractivity contribution is 0.173. The summed E-state index contributed by atoms with van der Waals surface area (Å²) in [4.78, 5) is 3.89. The van der Waals surface area contributed by atoms with E-state index in [1.165, 1.54) is 0 Å². The van der Waals surface area contributed by atoms with Gasteiger partial charge in [0.1, 0.15) is 11.5 Å². The number of alkyl halides is 2. The quantitative estimate of drug-likeness (QED) is 0.784. The molecule has 0 amide bonds. The predicted molar refractivity (Wildman–Crippen MR) is 76.9 cm³/mol. The smallest absolute Gasteiger partial charge is 0.284 e. The van der Waals surface area contributed by atoms with Crippen LogP contribution in [0.5, 0.6) is 0 Å². The summed E-state index contributed by atoms with van der Waals surface area (Å²) >= 11 is 0.530. The number of aliphatic hydroxyl groups is 1. The van der Waals surface area contributed by atoms with Crippen LogP contribution in [-0.2, 0) is 12.3 Å². The molecule has 0 saturated heterocycles. The Kier molecular flexibility index (Phi) is 6.16. The molecule has 2 aromatic heterocycles. The van der Waals surface area contributed by atoms with Gasteiger partial charge in [0.15, 0.2) is 0 Å². The molecule has 21 heavy (non-hydrogen) atoms. The Morgan fingerprint density at radius 3 is 2.62 bits per heavy atom. The molecule has 1 atom stereocenters. The third kappa shape index (κ3) is 5.45. The van der Waals surface area contributed by atoms with Crippen molar-refractivity contribution in [1.29, 1.82) is 0 Å². The van der Waals surface area contributed by atoms with Gasteiger partial charge in [0.2, 0.25) is 0 Å². The molecule has 0 bridgehead atoms. The van der Waals surface area contributed by atoms with Gasteiger partial charge in [0.25, 0.3) is 5.76 Å². The van der Waals surface area contributed by atoms with E-state index in [0.29, 0.717) is 36.4 Å². The molecule has 0 radical (unpaired) electrons. The molecule has 0 aliphatic heterocycles. The Morgan fingerprint density at radius 1 is 1.19 bits per heavy atom. The van der Waals surface area contributed by atoms with E-state index in [1.54, 1.807) is 36.7 Å². The monoisotopic (exact) mass is 314 g/mol. The molecule has 7 heteroatoms. The van der Waals surface area contributed by atoms with Gasteiger partial charge in [-0.15, -0.1) is 0 Å². The fraction of sp³-hybridized carbons (Fsp3) is 0.357. The summed E-state index contributed by atoms with van der Waals surface area (Å²) in [5, 5.41) is 13.0. The van der Waals surface area contributed by atoms with Gasteiger partial charge in [0, 0.05) is 18.9 Å². The van der Waals surface area contributed by atoms with Crippen molar-refractivity contribution in [2.24, 2.45) is 0 Å². The van der Waals surface area contributed by atoms with Gasteiger partial charge in [-0.3, -0.25) is 4.98 Å². The number of hydrogen-bond donors (Lipinski definition) is 2. The molecule has 1 unspecified atom stereocenters. The Hall–Kier alpha value is -1.44. The number of rotatable bonds is 8. The van der Waals surface area contributed by atoms with Crippen LogP contribution in [0.1, 0.15) is 23.2 Å². The summed E-state index contributed by atoms with van der Waals surface area (Å²) in [6.07, 6.45) is 2.62. The highest BCUT2D eigenvalue weighted by atomic mass is 32.2. The molecule has 2 aromatic rings.